The Labute approximate surface area is 209 Å². The SMILES string of the molecule is CC1CCC(c2ccccc2)S(=O)(=O)N1Cc1cc(F)c(C2([C@H]3CNC(=O)O3)CC(C)(O)C2)cc1F. The highest BCUT2D eigenvalue weighted by Gasteiger charge is 2.60. The maximum atomic E-state index is 15.6. The van der Waals surface area contributed by atoms with Gasteiger partial charge in [0, 0.05) is 29.1 Å². The first-order valence-corrected chi connectivity index (χ1v) is 13.6. The van der Waals surface area contributed by atoms with Crippen LogP contribution in [0.15, 0.2) is 42.5 Å². The molecule has 2 heterocycles. The fourth-order valence-electron chi connectivity index (χ4n) is 6.21. The molecule has 2 unspecified atom stereocenters. The van der Waals surface area contributed by atoms with Gasteiger partial charge in [-0.05, 0) is 57.2 Å². The van der Waals surface area contributed by atoms with Crippen LogP contribution in [0.4, 0.5) is 13.6 Å². The van der Waals surface area contributed by atoms with Crippen LogP contribution >= 0.6 is 0 Å². The van der Waals surface area contributed by atoms with E-state index in [9.17, 15) is 18.3 Å². The van der Waals surface area contributed by atoms with Gasteiger partial charge in [0.1, 0.15) is 23.0 Å². The highest BCUT2D eigenvalue weighted by atomic mass is 32.2. The number of rotatable bonds is 5. The molecule has 1 aliphatic carbocycles. The molecule has 2 aromatic carbocycles. The van der Waals surface area contributed by atoms with Crippen molar-refractivity contribution < 1.29 is 31.8 Å². The Bertz CT molecular complexity index is 1280. The molecule has 5 rings (SSSR count). The predicted molar refractivity (Wildman–Crippen MR) is 129 cm³/mol. The molecule has 1 saturated carbocycles. The second-order valence-corrected chi connectivity index (χ2v) is 12.7. The van der Waals surface area contributed by atoms with Gasteiger partial charge in [0.2, 0.25) is 10.0 Å². The number of carbonyl (C=O) groups is 1. The third kappa shape index (κ3) is 4.18. The molecule has 10 heteroatoms. The van der Waals surface area contributed by atoms with Crippen LogP contribution in [0.25, 0.3) is 0 Å². The number of benzene rings is 2. The Hall–Kier alpha value is -2.56. The molecule has 194 valence electrons. The fourth-order valence-corrected chi connectivity index (χ4v) is 8.39. The molecule has 36 heavy (non-hydrogen) atoms. The number of aliphatic hydroxyl groups is 1. The third-order valence-corrected chi connectivity index (χ3v) is 10.3. The van der Waals surface area contributed by atoms with E-state index in [0.717, 1.165) is 12.1 Å². The lowest BCUT2D eigenvalue weighted by Crippen LogP contribution is -2.60. The Morgan fingerprint density at radius 2 is 1.83 bits per heavy atom. The highest BCUT2D eigenvalue weighted by Crippen LogP contribution is 2.54. The standard InChI is InChI=1S/C26H30F2N2O5S/c1-16-8-9-22(17-6-4-3-5-7-17)36(33,34)30(16)13-18-10-21(28)19(11-20(18)27)26(14-25(2,32)15-26)23-12-29-24(31)35-23/h3-7,10-11,16,22-23,32H,8-9,12-15H2,1-2H3,(H,29,31)/t16?,22?,23-,25?,26?/m1/s1. The largest absolute Gasteiger partial charge is 0.443 e. The van der Waals surface area contributed by atoms with E-state index in [-0.39, 0.29) is 43.1 Å². The maximum absolute atomic E-state index is 15.6. The molecule has 0 radical (unpaired) electrons. The van der Waals surface area contributed by atoms with E-state index in [1.165, 1.54) is 4.31 Å². The summed E-state index contributed by atoms with van der Waals surface area (Å²) in [7, 11) is -3.82. The van der Waals surface area contributed by atoms with Crippen molar-refractivity contribution in [3.8, 4) is 0 Å². The minimum atomic E-state index is -3.82. The number of carbonyl (C=O) groups excluding carboxylic acids is 1. The van der Waals surface area contributed by atoms with Gasteiger partial charge < -0.3 is 15.2 Å². The number of cyclic esters (lactones) is 1. The van der Waals surface area contributed by atoms with Crippen molar-refractivity contribution in [2.24, 2.45) is 0 Å². The number of nitrogens with zero attached hydrogens (tertiary/aromatic N) is 1. The van der Waals surface area contributed by atoms with Gasteiger partial charge in [0.25, 0.3) is 0 Å². The summed E-state index contributed by atoms with van der Waals surface area (Å²) in [6.45, 7) is 3.21. The Morgan fingerprint density at radius 1 is 1.14 bits per heavy atom. The van der Waals surface area contributed by atoms with Gasteiger partial charge in [-0.2, -0.15) is 4.31 Å². The van der Waals surface area contributed by atoms with Crippen molar-refractivity contribution in [3.05, 3.63) is 70.8 Å². The number of alkyl carbamates (subject to hydrolysis) is 1. The monoisotopic (exact) mass is 520 g/mol. The molecule has 1 amide bonds. The van der Waals surface area contributed by atoms with Gasteiger partial charge >= 0.3 is 6.09 Å². The number of hydrogen-bond donors (Lipinski definition) is 2. The van der Waals surface area contributed by atoms with Crippen LogP contribution in [0, 0.1) is 11.6 Å². The van der Waals surface area contributed by atoms with Crippen molar-refractivity contribution in [2.45, 2.75) is 74.5 Å². The number of hydrogen-bond acceptors (Lipinski definition) is 5. The molecule has 2 aromatic rings. The van der Waals surface area contributed by atoms with Crippen LogP contribution in [-0.2, 0) is 26.7 Å². The molecule has 0 aromatic heterocycles. The van der Waals surface area contributed by atoms with Gasteiger partial charge in [-0.25, -0.2) is 22.0 Å². The normalized spacial score (nSPS) is 34.0. The van der Waals surface area contributed by atoms with Crippen molar-refractivity contribution in [1.82, 2.24) is 9.62 Å². The van der Waals surface area contributed by atoms with Crippen LogP contribution in [0.5, 0.6) is 0 Å². The first-order chi connectivity index (χ1) is 16.9. The van der Waals surface area contributed by atoms with Crippen LogP contribution in [0.1, 0.15) is 61.5 Å². The van der Waals surface area contributed by atoms with Crippen molar-refractivity contribution in [2.75, 3.05) is 6.54 Å². The molecule has 7 nitrogen and oxygen atoms in total. The van der Waals surface area contributed by atoms with Gasteiger partial charge in [0.05, 0.1) is 12.1 Å². The molecule has 3 atom stereocenters. The maximum Gasteiger partial charge on any atom is 0.407 e. The van der Waals surface area contributed by atoms with E-state index < -0.39 is 50.1 Å². The van der Waals surface area contributed by atoms with Crippen molar-refractivity contribution >= 4 is 16.1 Å². The molecule has 2 aliphatic heterocycles. The Balaban J connectivity index is 1.46. The highest BCUT2D eigenvalue weighted by molar-refractivity contribution is 7.89. The lowest BCUT2D eigenvalue weighted by molar-refractivity contribution is -0.114. The summed E-state index contributed by atoms with van der Waals surface area (Å²) in [5.74, 6) is -1.45. The summed E-state index contributed by atoms with van der Waals surface area (Å²) in [5, 5.41) is 12.2. The minimum Gasteiger partial charge on any atom is -0.443 e. The molecule has 3 fully saturated rings. The fraction of sp³-hybridized carbons (Fsp3) is 0.500. The van der Waals surface area contributed by atoms with Gasteiger partial charge in [-0.3, -0.25) is 0 Å². The zero-order valence-corrected chi connectivity index (χ0v) is 21.0. The number of sulfonamides is 1. The summed E-state index contributed by atoms with van der Waals surface area (Å²) in [4.78, 5) is 11.7. The van der Waals surface area contributed by atoms with E-state index in [2.05, 4.69) is 5.32 Å². The minimum absolute atomic E-state index is 0.0217. The quantitative estimate of drug-likeness (QED) is 0.623. The van der Waals surface area contributed by atoms with Gasteiger partial charge in [-0.1, -0.05) is 30.3 Å². The van der Waals surface area contributed by atoms with Crippen molar-refractivity contribution in [1.29, 1.82) is 0 Å². The first-order valence-electron chi connectivity index (χ1n) is 12.1. The van der Waals surface area contributed by atoms with E-state index in [0.29, 0.717) is 18.4 Å². The summed E-state index contributed by atoms with van der Waals surface area (Å²) in [5.41, 5.74) is -1.54. The summed E-state index contributed by atoms with van der Waals surface area (Å²) < 4.78 is 64.6. The predicted octanol–water partition coefficient (Wildman–Crippen LogP) is 3.91. The first kappa shape index (κ1) is 25.1. The summed E-state index contributed by atoms with van der Waals surface area (Å²) >= 11 is 0. The second kappa shape index (κ2) is 8.78. The number of nitrogens with one attached hydrogen (secondary N) is 1. The van der Waals surface area contributed by atoms with E-state index in [4.69, 9.17) is 4.74 Å². The smallest absolute Gasteiger partial charge is 0.407 e. The number of ether oxygens (including phenoxy) is 1. The molecule has 0 bridgehead atoms. The van der Waals surface area contributed by atoms with Crippen LogP contribution in [0.2, 0.25) is 0 Å². The van der Waals surface area contributed by atoms with Crippen molar-refractivity contribution in [3.63, 3.8) is 0 Å². The van der Waals surface area contributed by atoms with Crippen LogP contribution in [-0.4, -0.2) is 48.2 Å². The Kier molecular flexibility index (Phi) is 6.12. The molecular weight excluding hydrogens is 490 g/mol. The zero-order chi connectivity index (χ0) is 25.9. The Morgan fingerprint density at radius 3 is 2.44 bits per heavy atom. The molecule has 2 saturated heterocycles. The molecule has 3 aliphatic rings. The van der Waals surface area contributed by atoms with Gasteiger partial charge in [0.15, 0.2) is 0 Å². The van der Waals surface area contributed by atoms with Gasteiger partial charge in [-0.15, -0.1) is 0 Å². The second-order valence-electron chi connectivity index (χ2n) is 10.6. The van der Waals surface area contributed by atoms with E-state index in [1.807, 2.05) is 6.07 Å². The van der Waals surface area contributed by atoms with Crippen LogP contribution in [0.3, 0.4) is 0 Å². The third-order valence-electron chi connectivity index (χ3n) is 7.88. The lowest BCUT2D eigenvalue weighted by Gasteiger charge is -2.54. The average Bonchev–Trinajstić information content (AvgIpc) is 3.23. The zero-order valence-electron chi connectivity index (χ0n) is 20.2. The van der Waals surface area contributed by atoms with Crippen LogP contribution < -0.4 is 5.32 Å². The average molecular weight is 521 g/mol. The van der Waals surface area contributed by atoms with E-state index in [1.54, 1.807) is 38.1 Å². The molecule has 2 N–H and O–H groups in total. The summed E-state index contributed by atoms with van der Waals surface area (Å²) in [6.07, 6.45) is -0.132. The molecule has 0 spiro atoms. The number of halogens is 2. The van der Waals surface area contributed by atoms with E-state index >= 15 is 8.78 Å². The topological polar surface area (TPSA) is 95.9 Å². The summed E-state index contributed by atoms with van der Waals surface area (Å²) in [6, 6.07) is 10.7. The lowest BCUT2D eigenvalue weighted by atomic mass is 9.54. The number of amides is 1. The molecular formula is C26H30F2N2O5S.